The third-order valence-electron chi connectivity index (χ3n) is 3.75. The van der Waals surface area contributed by atoms with E-state index in [1.807, 2.05) is 0 Å². The Morgan fingerprint density at radius 3 is 2.62 bits per heavy atom. The number of carboxylic acids is 1. The first kappa shape index (κ1) is 17.7. The minimum atomic E-state index is -0.828. The predicted molar refractivity (Wildman–Crippen MR) is 88.2 cm³/mol. The van der Waals surface area contributed by atoms with Crippen molar-refractivity contribution in [1.29, 1.82) is 0 Å². The number of unbranched alkanes of at least 4 members (excludes halogenated alkanes) is 2. The van der Waals surface area contributed by atoms with Gasteiger partial charge in [-0.2, -0.15) is 0 Å². The number of nitro groups is 1. The Labute approximate surface area is 139 Å². The van der Waals surface area contributed by atoms with Crippen LogP contribution >= 0.6 is 0 Å². The molecule has 1 aromatic rings. The van der Waals surface area contributed by atoms with Gasteiger partial charge in [-0.25, -0.2) is 0 Å². The largest absolute Gasteiger partial charge is 0.481 e. The minimum absolute atomic E-state index is 0.101. The van der Waals surface area contributed by atoms with E-state index in [2.05, 4.69) is 10.6 Å². The summed E-state index contributed by atoms with van der Waals surface area (Å²) in [7, 11) is 0. The van der Waals surface area contributed by atoms with E-state index in [4.69, 9.17) is 5.11 Å². The van der Waals surface area contributed by atoms with E-state index >= 15 is 0 Å². The van der Waals surface area contributed by atoms with Crippen LogP contribution in [-0.2, 0) is 4.79 Å². The first-order chi connectivity index (χ1) is 11.5. The number of nitrogens with zero attached hydrogens (tertiary/aromatic N) is 1. The van der Waals surface area contributed by atoms with E-state index in [-0.39, 0.29) is 29.6 Å². The van der Waals surface area contributed by atoms with Crippen LogP contribution < -0.4 is 10.6 Å². The minimum Gasteiger partial charge on any atom is -0.481 e. The summed E-state index contributed by atoms with van der Waals surface area (Å²) >= 11 is 0. The van der Waals surface area contributed by atoms with Gasteiger partial charge in [0.1, 0.15) is 5.69 Å². The van der Waals surface area contributed by atoms with Gasteiger partial charge in [-0.15, -0.1) is 0 Å². The van der Waals surface area contributed by atoms with E-state index in [1.54, 1.807) is 12.1 Å². The van der Waals surface area contributed by atoms with Crippen LogP contribution in [0.4, 0.5) is 11.4 Å². The van der Waals surface area contributed by atoms with Crippen LogP contribution in [0.2, 0.25) is 0 Å². The van der Waals surface area contributed by atoms with Crippen molar-refractivity contribution in [2.45, 2.75) is 44.6 Å². The van der Waals surface area contributed by atoms with Gasteiger partial charge in [-0.05, 0) is 37.8 Å². The molecule has 24 heavy (non-hydrogen) atoms. The average Bonchev–Trinajstić information content (AvgIpc) is 3.34. The zero-order valence-corrected chi connectivity index (χ0v) is 13.3. The van der Waals surface area contributed by atoms with Crippen LogP contribution in [0.15, 0.2) is 18.2 Å². The molecule has 8 nitrogen and oxygen atoms in total. The zero-order valence-electron chi connectivity index (χ0n) is 13.3. The molecule has 0 spiro atoms. The number of carbonyl (C=O) groups is 2. The number of amides is 1. The van der Waals surface area contributed by atoms with Gasteiger partial charge in [0.25, 0.3) is 11.6 Å². The topological polar surface area (TPSA) is 122 Å². The molecule has 2 rings (SSSR count). The van der Waals surface area contributed by atoms with E-state index in [0.717, 1.165) is 12.8 Å². The second-order valence-corrected chi connectivity index (χ2v) is 5.87. The van der Waals surface area contributed by atoms with Gasteiger partial charge in [-0.1, -0.05) is 6.42 Å². The average molecular weight is 335 g/mol. The number of hydrogen-bond acceptors (Lipinski definition) is 5. The van der Waals surface area contributed by atoms with Gasteiger partial charge in [0.05, 0.1) is 4.92 Å². The number of nitro benzene ring substituents is 1. The number of nitrogens with one attached hydrogen (secondary N) is 2. The third-order valence-corrected chi connectivity index (χ3v) is 3.75. The van der Waals surface area contributed by atoms with Gasteiger partial charge in [0.2, 0.25) is 0 Å². The molecule has 1 fully saturated rings. The van der Waals surface area contributed by atoms with Crippen molar-refractivity contribution in [3.05, 3.63) is 33.9 Å². The molecule has 1 amide bonds. The Kier molecular flexibility index (Phi) is 6.11. The zero-order chi connectivity index (χ0) is 17.5. The maximum absolute atomic E-state index is 12.1. The summed E-state index contributed by atoms with van der Waals surface area (Å²) in [6.45, 7) is 0.411. The predicted octanol–water partition coefficient (Wildman–Crippen LogP) is 2.54. The van der Waals surface area contributed by atoms with E-state index in [1.165, 1.54) is 6.07 Å². The lowest BCUT2D eigenvalue weighted by Crippen LogP contribution is -2.24. The van der Waals surface area contributed by atoms with Gasteiger partial charge in [0.15, 0.2) is 0 Å². The lowest BCUT2D eigenvalue weighted by Gasteiger charge is -2.08. The Hall–Kier alpha value is -2.64. The number of benzene rings is 1. The molecule has 8 heteroatoms. The van der Waals surface area contributed by atoms with Gasteiger partial charge >= 0.3 is 5.97 Å². The molecule has 0 aromatic heterocycles. The van der Waals surface area contributed by atoms with Crippen molar-refractivity contribution in [3.8, 4) is 0 Å². The molecule has 0 bridgehead atoms. The summed E-state index contributed by atoms with van der Waals surface area (Å²) in [5.41, 5.74) is 0.581. The molecule has 1 aliphatic carbocycles. The van der Waals surface area contributed by atoms with Crippen LogP contribution in [0.3, 0.4) is 0 Å². The lowest BCUT2D eigenvalue weighted by atomic mass is 10.1. The summed E-state index contributed by atoms with van der Waals surface area (Å²) in [5.74, 6) is -1.19. The standard InChI is InChI=1S/C16H21N3O5/c20-15(21)4-2-1-3-9-17-16(22)11-5-8-13(18-12-6-7-12)14(10-11)19(23)24/h5,8,10,12,18H,1-4,6-7,9H2,(H,17,22)(H,20,21). The monoisotopic (exact) mass is 335 g/mol. The van der Waals surface area contributed by atoms with Gasteiger partial charge in [-0.3, -0.25) is 19.7 Å². The van der Waals surface area contributed by atoms with Crippen molar-refractivity contribution in [1.82, 2.24) is 5.32 Å². The number of anilines is 1. The van der Waals surface area contributed by atoms with Crippen LogP contribution in [-0.4, -0.2) is 34.5 Å². The summed E-state index contributed by atoms with van der Waals surface area (Å²) in [6, 6.07) is 4.70. The smallest absolute Gasteiger partial charge is 0.303 e. The van der Waals surface area contributed by atoms with Crippen LogP contribution in [0, 0.1) is 10.1 Å². The number of aliphatic carboxylic acids is 1. The highest BCUT2D eigenvalue weighted by Crippen LogP contribution is 2.31. The maximum Gasteiger partial charge on any atom is 0.303 e. The Bertz CT molecular complexity index is 628. The summed E-state index contributed by atoms with van der Waals surface area (Å²) in [6.07, 6.45) is 4.07. The first-order valence-corrected chi connectivity index (χ1v) is 8.02. The van der Waals surface area contributed by atoms with Crippen molar-refractivity contribution >= 4 is 23.3 Å². The first-order valence-electron chi connectivity index (χ1n) is 8.02. The second-order valence-electron chi connectivity index (χ2n) is 5.87. The highest BCUT2D eigenvalue weighted by atomic mass is 16.6. The molecule has 0 atom stereocenters. The highest BCUT2D eigenvalue weighted by Gasteiger charge is 2.25. The van der Waals surface area contributed by atoms with Crippen LogP contribution in [0.5, 0.6) is 0 Å². The summed E-state index contributed by atoms with van der Waals surface area (Å²) < 4.78 is 0. The second kappa shape index (κ2) is 8.28. The number of carbonyl (C=O) groups excluding carboxylic acids is 1. The highest BCUT2D eigenvalue weighted by molar-refractivity contribution is 5.95. The molecule has 0 unspecified atom stereocenters. The molecular weight excluding hydrogens is 314 g/mol. The number of rotatable bonds is 10. The molecule has 0 aliphatic heterocycles. The van der Waals surface area contributed by atoms with Crippen molar-refractivity contribution in [3.63, 3.8) is 0 Å². The van der Waals surface area contributed by atoms with Crippen LogP contribution in [0.1, 0.15) is 48.9 Å². The maximum atomic E-state index is 12.1. The number of hydrogen-bond donors (Lipinski definition) is 3. The van der Waals surface area contributed by atoms with E-state index in [0.29, 0.717) is 31.5 Å². The van der Waals surface area contributed by atoms with Gasteiger partial charge < -0.3 is 15.7 Å². The third kappa shape index (κ3) is 5.53. The lowest BCUT2D eigenvalue weighted by molar-refractivity contribution is -0.384. The fraction of sp³-hybridized carbons (Fsp3) is 0.500. The Morgan fingerprint density at radius 1 is 1.25 bits per heavy atom. The van der Waals surface area contributed by atoms with E-state index < -0.39 is 10.9 Å². The summed E-state index contributed by atoms with van der Waals surface area (Å²) in [5, 5.41) is 25.5. The molecule has 130 valence electrons. The Morgan fingerprint density at radius 2 is 2.00 bits per heavy atom. The molecular formula is C16H21N3O5. The molecule has 0 heterocycles. The molecule has 1 aromatic carbocycles. The normalized spacial score (nSPS) is 13.3. The number of carboxylic acid groups (broad SMARTS) is 1. The summed E-state index contributed by atoms with van der Waals surface area (Å²) in [4.78, 5) is 33.1. The fourth-order valence-electron chi connectivity index (χ4n) is 2.28. The fourth-order valence-corrected chi connectivity index (χ4v) is 2.28. The SMILES string of the molecule is O=C(O)CCCCCNC(=O)c1ccc(NC2CC2)c([N+](=O)[O-])c1. The van der Waals surface area contributed by atoms with Gasteiger partial charge in [0, 0.05) is 30.6 Å². The van der Waals surface area contributed by atoms with Crippen molar-refractivity contribution in [2.24, 2.45) is 0 Å². The Balaban J connectivity index is 1.85. The molecule has 3 N–H and O–H groups in total. The molecule has 1 aliphatic rings. The van der Waals surface area contributed by atoms with Crippen molar-refractivity contribution < 1.29 is 19.6 Å². The van der Waals surface area contributed by atoms with E-state index in [9.17, 15) is 19.7 Å². The molecule has 0 saturated heterocycles. The molecule has 0 radical (unpaired) electrons. The van der Waals surface area contributed by atoms with Crippen LogP contribution in [0.25, 0.3) is 0 Å². The quantitative estimate of drug-likeness (QED) is 0.343. The molecule has 1 saturated carbocycles. The van der Waals surface area contributed by atoms with Crippen molar-refractivity contribution in [2.75, 3.05) is 11.9 Å².